The van der Waals surface area contributed by atoms with Crippen molar-refractivity contribution in [2.24, 2.45) is 4.99 Å². The van der Waals surface area contributed by atoms with Gasteiger partial charge < -0.3 is 9.84 Å². The second-order valence-corrected chi connectivity index (χ2v) is 9.91. The summed E-state index contributed by atoms with van der Waals surface area (Å²) in [5.41, 5.74) is 2.42. The molecule has 1 amide bonds. The highest BCUT2D eigenvalue weighted by Gasteiger charge is 2.21. The van der Waals surface area contributed by atoms with Gasteiger partial charge in [-0.25, -0.2) is 14.4 Å². The fourth-order valence-corrected chi connectivity index (χ4v) is 3.50. The minimum atomic E-state index is -1.19. The average molecular weight is 555 g/mol. The standard InChI is InChI=1S/C27H28BrFN4O3/c1-17-14-30-26(27(4,5)35)32-24(17)21-7-6-8-23(13-21)33(16-34)19(3)31-25(18(2)28)36-15-20-9-11-22(29)12-10-20/h6-14,16,35H,15H2,1-5H3/b25-18-,31-19-. The van der Waals surface area contributed by atoms with E-state index in [4.69, 9.17) is 4.74 Å². The van der Waals surface area contributed by atoms with Gasteiger partial charge in [0.2, 0.25) is 12.3 Å². The van der Waals surface area contributed by atoms with Crippen LogP contribution >= 0.6 is 15.9 Å². The molecule has 0 bridgehead atoms. The van der Waals surface area contributed by atoms with Gasteiger partial charge in [0.25, 0.3) is 0 Å². The predicted octanol–water partition coefficient (Wildman–Crippen LogP) is 6.00. The van der Waals surface area contributed by atoms with E-state index in [9.17, 15) is 14.3 Å². The van der Waals surface area contributed by atoms with Crippen LogP contribution < -0.4 is 4.90 Å². The minimum Gasteiger partial charge on any atom is -0.472 e. The van der Waals surface area contributed by atoms with E-state index >= 15 is 0 Å². The maximum atomic E-state index is 13.2. The molecule has 0 aliphatic heterocycles. The summed E-state index contributed by atoms with van der Waals surface area (Å²) in [4.78, 5) is 26.8. The van der Waals surface area contributed by atoms with Gasteiger partial charge in [-0.15, -0.1) is 0 Å². The molecule has 3 rings (SSSR count). The van der Waals surface area contributed by atoms with Gasteiger partial charge >= 0.3 is 0 Å². The van der Waals surface area contributed by atoms with Crippen molar-refractivity contribution in [1.29, 1.82) is 0 Å². The van der Waals surface area contributed by atoms with Crippen LogP contribution in [-0.2, 0) is 21.7 Å². The van der Waals surface area contributed by atoms with E-state index in [-0.39, 0.29) is 12.4 Å². The van der Waals surface area contributed by atoms with Gasteiger partial charge in [-0.1, -0.05) is 40.2 Å². The van der Waals surface area contributed by atoms with Crippen molar-refractivity contribution >= 4 is 33.9 Å². The number of aryl methyl sites for hydroxylation is 1. The summed E-state index contributed by atoms with van der Waals surface area (Å²) in [5, 5.41) is 10.3. The van der Waals surface area contributed by atoms with E-state index in [1.165, 1.54) is 17.0 Å². The zero-order chi connectivity index (χ0) is 26.5. The molecular formula is C27H28BrFN4O3. The van der Waals surface area contributed by atoms with Crippen LogP contribution in [-0.4, -0.2) is 27.3 Å². The summed E-state index contributed by atoms with van der Waals surface area (Å²) in [6.45, 7) is 8.79. The minimum absolute atomic E-state index is 0.183. The first-order valence-electron chi connectivity index (χ1n) is 11.2. The number of allylic oxidation sites excluding steroid dienone is 1. The Morgan fingerprint density at radius 2 is 1.92 bits per heavy atom. The Balaban J connectivity index is 1.90. The number of amides is 1. The zero-order valence-electron chi connectivity index (χ0n) is 20.8. The van der Waals surface area contributed by atoms with Crippen molar-refractivity contribution in [1.82, 2.24) is 9.97 Å². The van der Waals surface area contributed by atoms with E-state index in [1.807, 2.05) is 25.1 Å². The number of rotatable bonds is 8. The number of nitrogens with zero attached hydrogens (tertiary/aromatic N) is 4. The highest BCUT2D eigenvalue weighted by Crippen LogP contribution is 2.28. The van der Waals surface area contributed by atoms with Gasteiger partial charge in [-0.2, -0.15) is 4.99 Å². The number of anilines is 1. The lowest BCUT2D eigenvalue weighted by molar-refractivity contribution is -0.106. The second kappa shape index (κ2) is 11.5. The Labute approximate surface area is 218 Å². The Morgan fingerprint density at radius 1 is 1.22 bits per heavy atom. The van der Waals surface area contributed by atoms with E-state index in [0.29, 0.717) is 39.8 Å². The Hall–Kier alpha value is -3.43. The van der Waals surface area contributed by atoms with Gasteiger partial charge in [0.15, 0.2) is 5.82 Å². The zero-order valence-corrected chi connectivity index (χ0v) is 22.4. The van der Waals surface area contributed by atoms with E-state index in [1.54, 1.807) is 52.1 Å². The normalized spacial score (nSPS) is 12.7. The molecule has 0 atom stereocenters. The molecule has 0 radical (unpaired) electrons. The highest BCUT2D eigenvalue weighted by molar-refractivity contribution is 9.11. The lowest BCUT2D eigenvalue weighted by atomic mass is 10.0. The molecule has 2 aromatic carbocycles. The van der Waals surface area contributed by atoms with Crippen LogP contribution in [0, 0.1) is 12.7 Å². The third-order valence-corrected chi connectivity index (χ3v) is 5.56. The molecule has 9 heteroatoms. The van der Waals surface area contributed by atoms with Crippen LogP contribution in [0.3, 0.4) is 0 Å². The third kappa shape index (κ3) is 6.83. The van der Waals surface area contributed by atoms with Crippen LogP contribution in [0.1, 0.15) is 44.6 Å². The molecule has 3 aromatic rings. The lowest BCUT2D eigenvalue weighted by Gasteiger charge is -2.20. The van der Waals surface area contributed by atoms with Crippen molar-refractivity contribution in [2.45, 2.75) is 46.8 Å². The maximum Gasteiger partial charge on any atom is 0.225 e. The number of ether oxygens (including phenoxy) is 1. The average Bonchev–Trinajstić information content (AvgIpc) is 2.83. The number of carbonyl (C=O) groups excluding carboxylic acids is 1. The number of aliphatic imine (C=N–C) groups is 1. The fraction of sp³-hybridized carbons (Fsp3) is 0.259. The van der Waals surface area contributed by atoms with Crippen LogP contribution in [0.25, 0.3) is 11.3 Å². The molecule has 0 aliphatic rings. The first-order chi connectivity index (χ1) is 17.0. The van der Waals surface area contributed by atoms with E-state index in [0.717, 1.165) is 16.7 Å². The van der Waals surface area contributed by atoms with Gasteiger partial charge in [0, 0.05) is 11.8 Å². The molecule has 7 nitrogen and oxygen atoms in total. The van der Waals surface area contributed by atoms with Crippen LogP contribution in [0.2, 0.25) is 0 Å². The smallest absolute Gasteiger partial charge is 0.225 e. The predicted molar refractivity (Wildman–Crippen MR) is 142 cm³/mol. The molecule has 0 aliphatic carbocycles. The van der Waals surface area contributed by atoms with Crippen molar-refractivity contribution in [3.05, 3.63) is 87.9 Å². The van der Waals surface area contributed by atoms with Crippen molar-refractivity contribution in [2.75, 3.05) is 4.90 Å². The monoisotopic (exact) mass is 554 g/mol. The number of hydrogen-bond donors (Lipinski definition) is 1. The quantitative estimate of drug-likeness (QED) is 0.160. The van der Waals surface area contributed by atoms with E-state index in [2.05, 4.69) is 30.9 Å². The molecule has 188 valence electrons. The molecular weight excluding hydrogens is 527 g/mol. The summed E-state index contributed by atoms with van der Waals surface area (Å²) in [7, 11) is 0. The number of halogens is 2. The summed E-state index contributed by atoms with van der Waals surface area (Å²) in [5.74, 6) is 0.657. The summed E-state index contributed by atoms with van der Waals surface area (Å²) in [6.07, 6.45) is 2.34. The van der Waals surface area contributed by atoms with E-state index < -0.39 is 5.60 Å². The van der Waals surface area contributed by atoms with Gasteiger partial charge in [-0.05, 0) is 70.0 Å². The Bertz CT molecular complexity index is 1300. The summed E-state index contributed by atoms with van der Waals surface area (Å²) in [6, 6.07) is 13.3. The van der Waals surface area contributed by atoms with Gasteiger partial charge in [0.1, 0.15) is 23.9 Å². The lowest BCUT2D eigenvalue weighted by Crippen LogP contribution is -2.27. The molecule has 0 saturated carbocycles. The third-order valence-electron chi connectivity index (χ3n) is 5.22. The van der Waals surface area contributed by atoms with Gasteiger partial charge in [0.05, 0.1) is 15.9 Å². The largest absolute Gasteiger partial charge is 0.472 e. The Kier molecular flexibility index (Phi) is 8.70. The molecule has 36 heavy (non-hydrogen) atoms. The van der Waals surface area contributed by atoms with Crippen molar-refractivity contribution < 1.29 is 19.0 Å². The molecule has 0 unspecified atom stereocenters. The molecule has 0 saturated heterocycles. The van der Waals surface area contributed by atoms with Crippen molar-refractivity contribution in [3.8, 4) is 11.3 Å². The number of aromatic nitrogens is 2. The fourth-order valence-electron chi connectivity index (χ4n) is 3.30. The number of hydrogen-bond acceptors (Lipinski definition) is 6. The highest BCUT2D eigenvalue weighted by atomic mass is 79.9. The summed E-state index contributed by atoms with van der Waals surface area (Å²) >= 11 is 3.40. The number of benzene rings is 2. The van der Waals surface area contributed by atoms with Crippen LogP contribution in [0.5, 0.6) is 0 Å². The summed E-state index contributed by atoms with van der Waals surface area (Å²) < 4.78 is 19.6. The molecule has 1 heterocycles. The number of amidine groups is 1. The second-order valence-electron chi connectivity index (χ2n) is 8.72. The van der Waals surface area contributed by atoms with Crippen LogP contribution in [0.4, 0.5) is 10.1 Å². The van der Waals surface area contributed by atoms with Gasteiger partial charge in [-0.3, -0.25) is 9.69 Å². The molecule has 1 N–H and O–H groups in total. The number of carbonyl (C=O) groups is 1. The molecule has 1 aromatic heterocycles. The molecule has 0 spiro atoms. The first kappa shape index (κ1) is 27.2. The van der Waals surface area contributed by atoms with Crippen LogP contribution in [0.15, 0.2) is 70.1 Å². The van der Waals surface area contributed by atoms with Crippen molar-refractivity contribution in [3.63, 3.8) is 0 Å². The topological polar surface area (TPSA) is 87.9 Å². The SMILES string of the molecule is C/C(=N/C(OCc1ccc(F)cc1)=C(\C)Br)N(C=O)c1cccc(-c2nc(C(C)(C)O)ncc2C)c1. The maximum absolute atomic E-state index is 13.2. The molecule has 0 fully saturated rings. The Morgan fingerprint density at radius 3 is 2.53 bits per heavy atom. The first-order valence-corrected chi connectivity index (χ1v) is 12.0. The number of aliphatic hydroxyl groups is 1.